The monoisotopic (exact) mass is 266 g/mol. The van der Waals surface area contributed by atoms with Crippen LogP contribution in [0, 0.1) is 5.92 Å². The molecule has 3 nitrogen and oxygen atoms in total. The third-order valence-electron chi connectivity index (χ3n) is 3.50. The summed E-state index contributed by atoms with van der Waals surface area (Å²) >= 11 is 0. The van der Waals surface area contributed by atoms with Crippen molar-refractivity contribution in [2.45, 2.75) is 53.1 Å². The first-order valence-electron chi connectivity index (χ1n) is 7.60. The maximum absolute atomic E-state index is 5.40. The molecule has 0 radical (unpaired) electrons. The second-order valence-electron chi connectivity index (χ2n) is 5.77. The highest BCUT2D eigenvalue weighted by Crippen LogP contribution is 2.07. The molecule has 1 atom stereocenters. The summed E-state index contributed by atoms with van der Waals surface area (Å²) < 4.78 is 5.40. The van der Waals surface area contributed by atoms with Crippen LogP contribution in [0.4, 0.5) is 0 Å². The van der Waals surface area contributed by atoms with E-state index in [1.165, 1.54) is 12.8 Å². The van der Waals surface area contributed by atoms with Gasteiger partial charge in [-0.2, -0.15) is 0 Å². The largest absolute Gasteiger partial charge is 0.468 e. The van der Waals surface area contributed by atoms with Crippen molar-refractivity contribution in [2.24, 2.45) is 5.92 Å². The van der Waals surface area contributed by atoms with Gasteiger partial charge in [-0.15, -0.1) is 0 Å². The van der Waals surface area contributed by atoms with Crippen molar-refractivity contribution in [3.63, 3.8) is 0 Å². The van der Waals surface area contributed by atoms with Gasteiger partial charge in [0.1, 0.15) is 5.76 Å². The van der Waals surface area contributed by atoms with Gasteiger partial charge in [-0.05, 0) is 44.4 Å². The van der Waals surface area contributed by atoms with E-state index in [2.05, 4.69) is 37.9 Å². The summed E-state index contributed by atoms with van der Waals surface area (Å²) in [7, 11) is 0. The van der Waals surface area contributed by atoms with Crippen molar-refractivity contribution in [3.8, 4) is 0 Å². The normalized spacial score (nSPS) is 13.4. The highest BCUT2D eigenvalue weighted by Gasteiger charge is 2.07. The van der Waals surface area contributed by atoms with Gasteiger partial charge in [-0.25, -0.2) is 0 Å². The second-order valence-corrected chi connectivity index (χ2v) is 5.77. The van der Waals surface area contributed by atoms with E-state index in [4.69, 9.17) is 4.42 Å². The number of nitrogens with zero attached hydrogens (tertiary/aromatic N) is 1. The summed E-state index contributed by atoms with van der Waals surface area (Å²) in [5.74, 6) is 1.85. The van der Waals surface area contributed by atoms with Crippen molar-refractivity contribution in [2.75, 3.05) is 19.6 Å². The lowest BCUT2D eigenvalue weighted by atomic mass is 10.0. The molecule has 0 amide bonds. The van der Waals surface area contributed by atoms with Gasteiger partial charge in [0.05, 0.1) is 12.8 Å². The Bertz CT molecular complexity index is 309. The number of nitrogens with one attached hydrogen (secondary N) is 1. The summed E-state index contributed by atoms with van der Waals surface area (Å²) in [4.78, 5) is 2.40. The highest BCUT2D eigenvalue weighted by molar-refractivity contribution is 4.97. The molecule has 3 heteroatoms. The molecule has 19 heavy (non-hydrogen) atoms. The highest BCUT2D eigenvalue weighted by atomic mass is 16.3. The molecule has 1 rings (SSSR count). The van der Waals surface area contributed by atoms with Crippen LogP contribution in [0.2, 0.25) is 0 Å². The first-order valence-corrected chi connectivity index (χ1v) is 7.60. The van der Waals surface area contributed by atoms with Gasteiger partial charge in [0.2, 0.25) is 0 Å². The van der Waals surface area contributed by atoms with Crippen LogP contribution in [0.15, 0.2) is 22.8 Å². The fourth-order valence-corrected chi connectivity index (χ4v) is 2.13. The molecule has 0 aliphatic carbocycles. The quantitative estimate of drug-likeness (QED) is 0.702. The molecule has 0 aromatic carbocycles. The third-order valence-corrected chi connectivity index (χ3v) is 3.50. The van der Waals surface area contributed by atoms with E-state index in [0.717, 1.165) is 37.9 Å². The number of hydrogen-bond donors (Lipinski definition) is 1. The lowest BCUT2D eigenvalue weighted by Crippen LogP contribution is -2.35. The van der Waals surface area contributed by atoms with Crippen molar-refractivity contribution in [1.29, 1.82) is 0 Å². The van der Waals surface area contributed by atoms with Crippen molar-refractivity contribution in [1.82, 2.24) is 10.2 Å². The Hall–Kier alpha value is -0.800. The van der Waals surface area contributed by atoms with Crippen LogP contribution in [0.25, 0.3) is 0 Å². The number of hydrogen-bond acceptors (Lipinski definition) is 3. The van der Waals surface area contributed by atoms with Gasteiger partial charge in [-0.3, -0.25) is 4.90 Å². The van der Waals surface area contributed by atoms with Crippen molar-refractivity contribution in [3.05, 3.63) is 24.2 Å². The van der Waals surface area contributed by atoms with Gasteiger partial charge in [-0.1, -0.05) is 20.8 Å². The lowest BCUT2D eigenvalue weighted by molar-refractivity contribution is 0.251. The SMILES string of the molecule is CCN(CCNC(C)CCC(C)C)Cc1ccco1. The Labute approximate surface area is 118 Å². The Kier molecular flexibility index (Phi) is 7.84. The molecule has 0 aliphatic rings. The Morgan fingerprint density at radius 2 is 2.05 bits per heavy atom. The first-order chi connectivity index (χ1) is 9.11. The Morgan fingerprint density at radius 1 is 1.26 bits per heavy atom. The van der Waals surface area contributed by atoms with E-state index >= 15 is 0 Å². The lowest BCUT2D eigenvalue weighted by Gasteiger charge is -2.21. The van der Waals surface area contributed by atoms with Crippen LogP contribution in [-0.2, 0) is 6.54 Å². The molecule has 1 N–H and O–H groups in total. The second kappa shape index (κ2) is 9.16. The minimum Gasteiger partial charge on any atom is -0.468 e. The molecule has 110 valence electrons. The minimum absolute atomic E-state index is 0.615. The minimum atomic E-state index is 0.615. The molecule has 0 spiro atoms. The third kappa shape index (κ3) is 7.38. The molecule has 1 unspecified atom stereocenters. The molecule has 0 saturated carbocycles. The number of likely N-dealkylation sites (N-methyl/N-ethyl adjacent to an activating group) is 1. The molecular formula is C16H30N2O. The zero-order valence-electron chi connectivity index (χ0n) is 13.0. The first kappa shape index (κ1) is 16.3. The van der Waals surface area contributed by atoms with E-state index in [-0.39, 0.29) is 0 Å². The predicted molar refractivity (Wildman–Crippen MR) is 81.2 cm³/mol. The summed E-state index contributed by atoms with van der Waals surface area (Å²) in [5, 5.41) is 3.61. The van der Waals surface area contributed by atoms with Gasteiger partial charge in [0, 0.05) is 19.1 Å². The van der Waals surface area contributed by atoms with E-state index < -0.39 is 0 Å². The predicted octanol–water partition coefficient (Wildman–Crippen LogP) is 3.52. The number of rotatable bonds is 10. The molecule has 0 fully saturated rings. The summed E-state index contributed by atoms with van der Waals surface area (Å²) in [5.41, 5.74) is 0. The van der Waals surface area contributed by atoms with Crippen LogP contribution in [0.5, 0.6) is 0 Å². The van der Waals surface area contributed by atoms with Crippen LogP contribution in [0.1, 0.15) is 46.3 Å². The molecular weight excluding hydrogens is 236 g/mol. The van der Waals surface area contributed by atoms with E-state index in [0.29, 0.717) is 6.04 Å². The standard InChI is InChI=1S/C16H30N2O/c1-5-18(13-16-7-6-12-19-16)11-10-17-15(4)9-8-14(2)3/h6-7,12,14-15,17H,5,8-11,13H2,1-4H3. The van der Waals surface area contributed by atoms with Gasteiger partial charge in [0.15, 0.2) is 0 Å². The fourth-order valence-electron chi connectivity index (χ4n) is 2.13. The smallest absolute Gasteiger partial charge is 0.117 e. The van der Waals surface area contributed by atoms with Crippen molar-refractivity contribution < 1.29 is 4.42 Å². The molecule has 1 heterocycles. The van der Waals surface area contributed by atoms with Crippen LogP contribution in [0.3, 0.4) is 0 Å². The molecule has 1 aromatic rings. The zero-order chi connectivity index (χ0) is 14.1. The van der Waals surface area contributed by atoms with Crippen LogP contribution in [-0.4, -0.2) is 30.6 Å². The van der Waals surface area contributed by atoms with E-state index in [9.17, 15) is 0 Å². The Morgan fingerprint density at radius 3 is 2.63 bits per heavy atom. The zero-order valence-corrected chi connectivity index (χ0v) is 13.0. The molecule has 0 saturated heterocycles. The van der Waals surface area contributed by atoms with E-state index in [1.54, 1.807) is 6.26 Å². The Balaban J connectivity index is 2.15. The van der Waals surface area contributed by atoms with E-state index in [1.807, 2.05) is 12.1 Å². The molecule has 0 bridgehead atoms. The number of furan rings is 1. The van der Waals surface area contributed by atoms with Crippen LogP contribution < -0.4 is 5.32 Å². The van der Waals surface area contributed by atoms with Crippen molar-refractivity contribution >= 4 is 0 Å². The average molecular weight is 266 g/mol. The maximum Gasteiger partial charge on any atom is 0.117 e. The summed E-state index contributed by atoms with van der Waals surface area (Å²) in [6, 6.07) is 4.61. The summed E-state index contributed by atoms with van der Waals surface area (Å²) in [6.07, 6.45) is 4.31. The van der Waals surface area contributed by atoms with Gasteiger partial charge in [0.25, 0.3) is 0 Å². The fraction of sp³-hybridized carbons (Fsp3) is 0.750. The molecule has 1 aromatic heterocycles. The maximum atomic E-state index is 5.40. The topological polar surface area (TPSA) is 28.4 Å². The van der Waals surface area contributed by atoms with Gasteiger partial charge < -0.3 is 9.73 Å². The average Bonchev–Trinajstić information content (AvgIpc) is 2.88. The van der Waals surface area contributed by atoms with Gasteiger partial charge >= 0.3 is 0 Å². The van der Waals surface area contributed by atoms with Crippen LogP contribution >= 0.6 is 0 Å². The summed E-state index contributed by atoms with van der Waals surface area (Å²) in [6.45, 7) is 13.1. The molecule has 0 aliphatic heterocycles.